The van der Waals surface area contributed by atoms with Crippen molar-refractivity contribution in [2.24, 2.45) is 5.92 Å². The second kappa shape index (κ2) is 10.2. The molecule has 1 fully saturated rings. The Morgan fingerprint density at radius 3 is 2.50 bits per heavy atom. The molecule has 1 aliphatic rings. The zero-order valence-corrected chi connectivity index (χ0v) is 20.4. The van der Waals surface area contributed by atoms with E-state index in [-0.39, 0.29) is 31.2 Å². The summed E-state index contributed by atoms with van der Waals surface area (Å²) in [6, 6.07) is 7.40. The summed E-state index contributed by atoms with van der Waals surface area (Å²) in [5.74, 6) is -4.32. The molecule has 36 heavy (non-hydrogen) atoms. The lowest BCUT2D eigenvalue weighted by Gasteiger charge is -2.33. The second-order valence-corrected chi connectivity index (χ2v) is 9.44. The molecule has 0 saturated heterocycles. The number of nitrogens with zero attached hydrogens (tertiary/aromatic N) is 2. The first kappa shape index (κ1) is 25.6. The third kappa shape index (κ3) is 5.64. The van der Waals surface area contributed by atoms with Crippen LogP contribution in [0.25, 0.3) is 11.1 Å². The molecule has 1 aliphatic carbocycles. The number of carbonyl (C=O) groups excluding carboxylic acids is 2. The molecule has 3 aromatic rings. The van der Waals surface area contributed by atoms with Gasteiger partial charge in [0.05, 0.1) is 11.3 Å². The fourth-order valence-corrected chi connectivity index (χ4v) is 4.57. The van der Waals surface area contributed by atoms with Gasteiger partial charge in [0, 0.05) is 25.5 Å². The number of pyridine rings is 1. The molecule has 2 amide bonds. The first-order valence-electron chi connectivity index (χ1n) is 11.4. The number of halogens is 3. The van der Waals surface area contributed by atoms with E-state index in [9.17, 15) is 23.6 Å². The average Bonchev–Trinajstić information content (AvgIpc) is 3.26. The predicted molar refractivity (Wildman–Crippen MR) is 129 cm³/mol. The van der Waals surface area contributed by atoms with Crippen molar-refractivity contribution in [3.63, 3.8) is 0 Å². The van der Waals surface area contributed by atoms with Crippen LogP contribution in [0, 0.1) is 25.0 Å². The number of carbonyl (C=O) groups is 2. The molecule has 2 aromatic heterocycles. The molecule has 1 saturated carbocycles. The molecule has 0 bridgehead atoms. The molecule has 1 aromatic carbocycles. The third-order valence-electron chi connectivity index (χ3n) is 6.50. The fourth-order valence-electron chi connectivity index (χ4n) is 4.38. The van der Waals surface area contributed by atoms with Gasteiger partial charge in [0.1, 0.15) is 22.9 Å². The molecule has 1 atom stereocenters. The number of benzene rings is 1. The van der Waals surface area contributed by atoms with Crippen LogP contribution in [0.4, 0.5) is 14.5 Å². The number of aryl methyl sites for hydroxylation is 1. The van der Waals surface area contributed by atoms with Crippen LogP contribution in [0.15, 0.2) is 47.3 Å². The van der Waals surface area contributed by atoms with Gasteiger partial charge in [-0.3, -0.25) is 9.59 Å². The molecule has 4 rings (SSSR count). The van der Waals surface area contributed by atoms with E-state index >= 15 is 0 Å². The van der Waals surface area contributed by atoms with Crippen LogP contribution in [0.3, 0.4) is 0 Å². The molecule has 190 valence electrons. The Bertz CT molecular complexity index is 1270. The van der Waals surface area contributed by atoms with Crippen molar-refractivity contribution < 1.29 is 27.6 Å². The molecule has 0 spiro atoms. The van der Waals surface area contributed by atoms with Crippen molar-refractivity contribution in [3.05, 3.63) is 70.0 Å². The number of aromatic nitrogens is 2. The molecular formula is C25H25ClF2N4O4. The van der Waals surface area contributed by atoms with Crippen molar-refractivity contribution >= 4 is 29.1 Å². The summed E-state index contributed by atoms with van der Waals surface area (Å²) in [6.07, 6.45) is 1.93. The van der Waals surface area contributed by atoms with E-state index in [2.05, 4.69) is 15.8 Å². The van der Waals surface area contributed by atoms with Crippen LogP contribution in [-0.2, 0) is 4.79 Å². The van der Waals surface area contributed by atoms with Crippen molar-refractivity contribution in [1.82, 2.24) is 10.5 Å². The minimum Gasteiger partial charge on any atom is -0.618 e. The highest BCUT2D eigenvalue weighted by atomic mass is 35.5. The maximum Gasteiger partial charge on any atom is 0.257 e. The fraction of sp³-hybridized carbons (Fsp3) is 0.360. The third-order valence-corrected chi connectivity index (χ3v) is 6.71. The Kier molecular flexibility index (Phi) is 7.26. The lowest BCUT2D eigenvalue weighted by molar-refractivity contribution is -0.611. The summed E-state index contributed by atoms with van der Waals surface area (Å²) < 4.78 is 33.0. The highest BCUT2D eigenvalue weighted by molar-refractivity contribution is 6.30. The van der Waals surface area contributed by atoms with E-state index in [4.69, 9.17) is 16.1 Å². The van der Waals surface area contributed by atoms with Crippen LogP contribution < -0.4 is 15.4 Å². The monoisotopic (exact) mass is 518 g/mol. The molecule has 8 nitrogen and oxygen atoms in total. The number of hydrogen-bond acceptors (Lipinski definition) is 5. The van der Waals surface area contributed by atoms with Crippen LogP contribution in [-0.4, -0.2) is 28.9 Å². The minimum atomic E-state index is -2.77. The SMILES string of the molecule is Cc1nocc1C(=O)N[C@H](C(=O)Nc1ccc(-c2cc(Cl)c[n+]([O-])c2C)cc1)C1CCC(F)(F)CC1. The van der Waals surface area contributed by atoms with Gasteiger partial charge in [0.2, 0.25) is 11.8 Å². The number of rotatable bonds is 6. The second-order valence-electron chi connectivity index (χ2n) is 9.01. The lowest BCUT2D eigenvalue weighted by atomic mass is 9.81. The zero-order valence-electron chi connectivity index (χ0n) is 19.7. The van der Waals surface area contributed by atoms with Gasteiger partial charge in [-0.05, 0) is 49.4 Å². The highest BCUT2D eigenvalue weighted by Crippen LogP contribution is 2.38. The predicted octanol–water partition coefficient (Wildman–Crippen LogP) is 4.81. The van der Waals surface area contributed by atoms with Crippen molar-refractivity contribution in [2.75, 3.05) is 5.32 Å². The van der Waals surface area contributed by atoms with Gasteiger partial charge in [-0.2, -0.15) is 4.73 Å². The molecule has 2 heterocycles. The Labute approximate surface area is 211 Å². The molecule has 0 radical (unpaired) electrons. The van der Waals surface area contributed by atoms with Gasteiger partial charge in [-0.15, -0.1) is 0 Å². The van der Waals surface area contributed by atoms with Crippen LogP contribution in [0.2, 0.25) is 5.02 Å². The van der Waals surface area contributed by atoms with Gasteiger partial charge in [0.15, 0.2) is 11.9 Å². The number of amides is 2. The first-order valence-corrected chi connectivity index (χ1v) is 11.8. The summed E-state index contributed by atoms with van der Waals surface area (Å²) in [6.45, 7) is 3.26. The number of hydrogen-bond donors (Lipinski definition) is 2. The average molecular weight is 519 g/mol. The topological polar surface area (TPSA) is 111 Å². The van der Waals surface area contributed by atoms with E-state index in [0.29, 0.717) is 32.4 Å². The van der Waals surface area contributed by atoms with E-state index in [0.717, 1.165) is 5.56 Å². The largest absolute Gasteiger partial charge is 0.618 e. The lowest BCUT2D eigenvalue weighted by Crippen LogP contribution is -2.50. The first-order chi connectivity index (χ1) is 17.0. The van der Waals surface area contributed by atoms with Gasteiger partial charge >= 0.3 is 0 Å². The van der Waals surface area contributed by atoms with Gasteiger partial charge < -0.3 is 20.4 Å². The zero-order chi connectivity index (χ0) is 26.0. The Morgan fingerprint density at radius 2 is 1.89 bits per heavy atom. The Balaban J connectivity index is 1.53. The normalized spacial score (nSPS) is 16.4. The summed E-state index contributed by atoms with van der Waals surface area (Å²) in [5.41, 5.74) is 2.81. The molecule has 0 aliphatic heterocycles. The summed E-state index contributed by atoms with van der Waals surface area (Å²) >= 11 is 6.02. The van der Waals surface area contributed by atoms with E-state index < -0.39 is 29.7 Å². The van der Waals surface area contributed by atoms with Crippen LogP contribution >= 0.6 is 11.6 Å². The number of anilines is 1. The summed E-state index contributed by atoms with van der Waals surface area (Å²) in [4.78, 5) is 26.0. The number of nitrogens with one attached hydrogen (secondary N) is 2. The smallest absolute Gasteiger partial charge is 0.257 e. The van der Waals surface area contributed by atoms with Crippen molar-refractivity contribution in [3.8, 4) is 11.1 Å². The van der Waals surface area contributed by atoms with Crippen LogP contribution in [0.5, 0.6) is 0 Å². The standard InChI is InChI=1S/C25H25ClF2N4O4/c1-14-21(13-36-31-14)23(33)30-22(17-7-9-25(27,28)10-8-17)24(34)29-19-5-3-16(4-6-19)20-11-18(26)12-32(35)15(20)2/h3-6,11-13,17,22H,7-10H2,1-2H3,(H,29,34)(H,30,33)/t22-/m0/s1. The van der Waals surface area contributed by atoms with Crippen molar-refractivity contribution in [1.29, 1.82) is 0 Å². The van der Waals surface area contributed by atoms with Gasteiger partial charge in [-0.25, -0.2) is 8.78 Å². The summed E-state index contributed by atoms with van der Waals surface area (Å²) in [7, 11) is 0. The molecule has 11 heteroatoms. The minimum absolute atomic E-state index is 0.0934. The number of alkyl halides is 2. The maximum atomic E-state index is 13.7. The van der Waals surface area contributed by atoms with Gasteiger partial charge in [-0.1, -0.05) is 28.9 Å². The molecule has 2 N–H and O–H groups in total. The Hall–Kier alpha value is -3.53. The summed E-state index contributed by atoms with van der Waals surface area (Å²) in [5, 5.41) is 21.4. The molecular weight excluding hydrogens is 494 g/mol. The van der Waals surface area contributed by atoms with E-state index in [1.165, 1.54) is 12.5 Å². The van der Waals surface area contributed by atoms with E-state index in [1.807, 2.05) is 0 Å². The Morgan fingerprint density at radius 1 is 1.22 bits per heavy atom. The van der Waals surface area contributed by atoms with Crippen LogP contribution in [0.1, 0.15) is 47.4 Å². The maximum absolute atomic E-state index is 13.7. The van der Waals surface area contributed by atoms with Gasteiger partial charge in [0.25, 0.3) is 5.91 Å². The van der Waals surface area contributed by atoms with E-state index in [1.54, 1.807) is 44.2 Å². The quantitative estimate of drug-likeness (QED) is 0.359. The highest BCUT2D eigenvalue weighted by Gasteiger charge is 2.40. The molecule has 0 unspecified atom stereocenters. The van der Waals surface area contributed by atoms with Crippen molar-refractivity contribution in [2.45, 2.75) is 51.5 Å².